The first kappa shape index (κ1) is 16.6. The molecule has 2 heterocycles. The van der Waals surface area contributed by atoms with Crippen molar-refractivity contribution < 1.29 is 0 Å². The fourth-order valence-electron chi connectivity index (χ4n) is 4.17. The van der Waals surface area contributed by atoms with Gasteiger partial charge in [0.2, 0.25) is 11.9 Å². The zero-order valence-electron chi connectivity index (χ0n) is 15.3. The lowest BCUT2D eigenvalue weighted by Crippen LogP contribution is -2.58. The summed E-state index contributed by atoms with van der Waals surface area (Å²) in [6, 6.07) is 10.2. The topological polar surface area (TPSA) is 97.8 Å². The third-order valence-electron chi connectivity index (χ3n) is 5.21. The maximum atomic E-state index is 6.38. The maximum absolute atomic E-state index is 6.38. The van der Waals surface area contributed by atoms with Crippen molar-refractivity contribution in [1.29, 1.82) is 0 Å². The van der Waals surface area contributed by atoms with E-state index in [4.69, 9.17) is 16.5 Å². The van der Waals surface area contributed by atoms with Crippen molar-refractivity contribution in [2.45, 2.75) is 51.6 Å². The number of hydrogen-bond acceptors (Lipinski definition) is 6. The fourth-order valence-corrected chi connectivity index (χ4v) is 4.17. The standard InChI is InChI=1S/C19H25N7/c1-13-12-14(2)26(24-13)16-9-5-4-8-15(16)25-18(21)22-17(20)23-19(25)10-6-3-7-11-19/h4-5,8-9,12H,3,6-7,10-11H2,1-2H3,(H4,20,21,22,23). The highest BCUT2D eigenvalue weighted by molar-refractivity contribution is 6.06. The van der Waals surface area contributed by atoms with Gasteiger partial charge in [0, 0.05) is 5.69 Å². The van der Waals surface area contributed by atoms with E-state index in [1.54, 1.807) is 0 Å². The lowest BCUT2D eigenvalue weighted by atomic mass is 9.87. The van der Waals surface area contributed by atoms with Gasteiger partial charge in [-0.15, -0.1) is 0 Å². The summed E-state index contributed by atoms with van der Waals surface area (Å²) >= 11 is 0. The van der Waals surface area contributed by atoms with Gasteiger partial charge in [-0.05, 0) is 57.7 Å². The summed E-state index contributed by atoms with van der Waals surface area (Å²) in [6.07, 6.45) is 5.23. The molecule has 2 aliphatic rings. The van der Waals surface area contributed by atoms with E-state index in [9.17, 15) is 0 Å². The van der Waals surface area contributed by atoms with E-state index in [2.05, 4.69) is 40.1 Å². The van der Waals surface area contributed by atoms with Crippen LogP contribution >= 0.6 is 0 Å². The SMILES string of the molecule is Cc1cc(C)n(-c2ccccc2N2C(N)=NC(N)=NC23CCCCC3)n1. The van der Waals surface area contributed by atoms with Crippen LogP contribution in [0.5, 0.6) is 0 Å². The second-order valence-electron chi connectivity index (χ2n) is 7.15. The van der Waals surface area contributed by atoms with Gasteiger partial charge in [-0.25, -0.2) is 9.67 Å². The van der Waals surface area contributed by atoms with E-state index < -0.39 is 5.66 Å². The molecule has 7 heteroatoms. The van der Waals surface area contributed by atoms with Crippen molar-refractivity contribution in [2.24, 2.45) is 21.5 Å². The Kier molecular flexibility index (Phi) is 3.94. The Morgan fingerprint density at radius 3 is 2.35 bits per heavy atom. The first-order valence-corrected chi connectivity index (χ1v) is 9.13. The smallest absolute Gasteiger partial charge is 0.220 e. The predicted octanol–water partition coefficient (Wildman–Crippen LogP) is 2.60. The summed E-state index contributed by atoms with van der Waals surface area (Å²) in [6.45, 7) is 4.05. The summed E-state index contributed by atoms with van der Waals surface area (Å²) in [5.41, 5.74) is 15.9. The summed E-state index contributed by atoms with van der Waals surface area (Å²) < 4.78 is 1.95. The Bertz CT molecular complexity index is 887. The van der Waals surface area contributed by atoms with Crippen LogP contribution in [0, 0.1) is 13.8 Å². The number of nitrogens with two attached hydrogens (primary N) is 2. The second-order valence-corrected chi connectivity index (χ2v) is 7.15. The molecular formula is C19H25N7. The van der Waals surface area contributed by atoms with Gasteiger partial charge >= 0.3 is 0 Å². The van der Waals surface area contributed by atoms with Gasteiger partial charge in [0.05, 0.1) is 17.1 Å². The van der Waals surface area contributed by atoms with Crippen molar-refractivity contribution in [3.8, 4) is 5.69 Å². The number of aromatic nitrogens is 2. The molecule has 1 aliphatic carbocycles. The summed E-state index contributed by atoms with van der Waals surface area (Å²) in [5, 5.41) is 4.66. The molecule has 26 heavy (non-hydrogen) atoms. The zero-order chi connectivity index (χ0) is 18.3. The summed E-state index contributed by atoms with van der Waals surface area (Å²) in [7, 11) is 0. The maximum Gasteiger partial charge on any atom is 0.220 e. The third kappa shape index (κ3) is 2.64. The molecule has 1 aliphatic heterocycles. The molecule has 1 aromatic carbocycles. The van der Waals surface area contributed by atoms with E-state index in [1.165, 1.54) is 6.42 Å². The molecule has 1 spiro atoms. The Balaban J connectivity index is 1.89. The van der Waals surface area contributed by atoms with Crippen molar-refractivity contribution in [2.75, 3.05) is 4.90 Å². The van der Waals surface area contributed by atoms with E-state index in [1.807, 2.05) is 23.7 Å². The third-order valence-corrected chi connectivity index (χ3v) is 5.21. The van der Waals surface area contributed by atoms with Crippen molar-refractivity contribution in [3.05, 3.63) is 41.7 Å². The largest absolute Gasteiger partial charge is 0.369 e. The number of nitrogens with zero attached hydrogens (tertiary/aromatic N) is 5. The van der Waals surface area contributed by atoms with Crippen LogP contribution in [-0.4, -0.2) is 27.4 Å². The number of aryl methyl sites for hydroxylation is 2. The molecule has 0 radical (unpaired) electrons. The van der Waals surface area contributed by atoms with E-state index in [0.29, 0.717) is 5.96 Å². The second kappa shape index (κ2) is 6.16. The molecule has 0 unspecified atom stereocenters. The Morgan fingerprint density at radius 2 is 1.69 bits per heavy atom. The van der Waals surface area contributed by atoms with Crippen molar-refractivity contribution in [3.63, 3.8) is 0 Å². The molecule has 136 valence electrons. The van der Waals surface area contributed by atoms with Crippen LogP contribution in [0.1, 0.15) is 43.5 Å². The Morgan fingerprint density at radius 1 is 1.00 bits per heavy atom. The number of benzene rings is 1. The quantitative estimate of drug-likeness (QED) is 0.869. The normalized spacial score (nSPS) is 19.4. The molecule has 0 saturated heterocycles. The Hall–Kier alpha value is -2.83. The molecule has 1 aromatic heterocycles. The first-order chi connectivity index (χ1) is 12.5. The van der Waals surface area contributed by atoms with Crippen molar-refractivity contribution >= 4 is 17.6 Å². The van der Waals surface area contributed by atoms with Gasteiger partial charge < -0.3 is 11.5 Å². The van der Waals surface area contributed by atoms with Crippen LogP contribution in [0.2, 0.25) is 0 Å². The van der Waals surface area contributed by atoms with Gasteiger partial charge in [-0.3, -0.25) is 4.90 Å². The van der Waals surface area contributed by atoms with Gasteiger partial charge in [-0.1, -0.05) is 18.6 Å². The number of hydrogen-bond donors (Lipinski definition) is 2. The fraction of sp³-hybridized carbons (Fsp3) is 0.421. The highest BCUT2D eigenvalue weighted by Crippen LogP contribution is 2.41. The van der Waals surface area contributed by atoms with Crippen LogP contribution in [0.25, 0.3) is 5.69 Å². The van der Waals surface area contributed by atoms with E-state index in [0.717, 1.165) is 48.4 Å². The zero-order valence-corrected chi connectivity index (χ0v) is 15.3. The van der Waals surface area contributed by atoms with Crippen LogP contribution in [-0.2, 0) is 0 Å². The molecule has 4 N–H and O–H groups in total. The summed E-state index contributed by atoms with van der Waals surface area (Å²) in [4.78, 5) is 11.1. The minimum Gasteiger partial charge on any atom is -0.369 e. The highest BCUT2D eigenvalue weighted by atomic mass is 15.4. The molecule has 0 amide bonds. The lowest BCUT2D eigenvalue weighted by molar-refractivity contribution is 0.305. The molecule has 2 aromatic rings. The average Bonchev–Trinajstić information content (AvgIpc) is 2.93. The summed E-state index contributed by atoms with van der Waals surface area (Å²) in [5.74, 6) is 0.664. The number of rotatable bonds is 2. The minimum atomic E-state index is -0.458. The molecular weight excluding hydrogens is 326 g/mol. The van der Waals surface area contributed by atoms with Gasteiger partial charge in [0.15, 0.2) is 0 Å². The number of anilines is 1. The molecule has 0 bridgehead atoms. The van der Waals surface area contributed by atoms with Crippen molar-refractivity contribution in [1.82, 2.24) is 9.78 Å². The highest BCUT2D eigenvalue weighted by Gasteiger charge is 2.43. The molecule has 0 atom stereocenters. The predicted molar refractivity (Wildman–Crippen MR) is 105 cm³/mol. The Labute approximate surface area is 153 Å². The van der Waals surface area contributed by atoms with Gasteiger partial charge in [-0.2, -0.15) is 10.1 Å². The number of para-hydroxylation sites is 2. The molecule has 7 nitrogen and oxygen atoms in total. The van der Waals surface area contributed by atoms with Gasteiger partial charge in [0.25, 0.3) is 0 Å². The molecule has 1 fully saturated rings. The van der Waals surface area contributed by atoms with Crippen LogP contribution < -0.4 is 16.4 Å². The monoisotopic (exact) mass is 351 g/mol. The average molecular weight is 351 g/mol. The molecule has 4 rings (SSSR count). The number of aliphatic imine (C=N–C) groups is 2. The van der Waals surface area contributed by atoms with Gasteiger partial charge in [0.1, 0.15) is 5.66 Å². The van der Waals surface area contributed by atoms with E-state index >= 15 is 0 Å². The minimum absolute atomic E-state index is 0.268. The molecule has 1 saturated carbocycles. The first-order valence-electron chi connectivity index (χ1n) is 9.13. The van der Waals surface area contributed by atoms with Crippen LogP contribution in [0.3, 0.4) is 0 Å². The van der Waals surface area contributed by atoms with Crippen LogP contribution in [0.4, 0.5) is 5.69 Å². The van der Waals surface area contributed by atoms with E-state index in [-0.39, 0.29) is 5.96 Å². The van der Waals surface area contributed by atoms with Crippen LogP contribution in [0.15, 0.2) is 40.3 Å². The lowest BCUT2D eigenvalue weighted by Gasteiger charge is -2.46. The number of guanidine groups is 2.